The molecule has 0 spiro atoms. The number of nitriles is 1. The second kappa shape index (κ2) is 13.8. The van der Waals surface area contributed by atoms with Gasteiger partial charge in [0.05, 0.1) is 41.3 Å². The molecule has 0 bridgehead atoms. The fourth-order valence-electron chi connectivity index (χ4n) is 9.58. The Morgan fingerprint density at radius 1 is 0.855 bits per heavy atom. The second-order valence-corrected chi connectivity index (χ2v) is 16.8. The number of ketones is 3. The standard InChI is InChI=1S/C40H36N4O7.CHCl3/c1-37(31(45)17-18-32(37)46)22-30-34(25-11-9-24(23-41)10-12-25)29-21-38(2)33(47)19-20-39(38,50)40(29,26-13-15-28(51-3)16-14-26)44-36(49)42(35(48)43(30)44)27-7-5-4-6-8-27;2-1(3)4/h4-16,30,50H,17-22H2,1-3H3;1H/t30-,38+,39+,40-;/m1./s1. The maximum atomic E-state index is 15.2. The van der Waals surface area contributed by atoms with E-state index in [1.807, 2.05) is 0 Å². The lowest BCUT2D eigenvalue weighted by molar-refractivity contribution is -0.139. The Hall–Kier alpha value is -4.73. The van der Waals surface area contributed by atoms with Crippen molar-refractivity contribution in [3.63, 3.8) is 0 Å². The van der Waals surface area contributed by atoms with Crippen LogP contribution in [0.2, 0.25) is 0 Å². The van der Waals surface area contributed by atoms with Crippen LogP contribution >= 0.6 is 34.8 Å². The number of nitrogens with zero attached hydrogens (tertiary/aromatic N) is 4. The average molecular weight is 804 g/mol. The quantitative estimate of drug-likeness (QED) is 0.177. The van der Waals surface area contributed by atoms with Gasteiger partial charge < -0.3 is 9.84 Å². The van der Waals surface area contributed by atoms with Crippen LogP contribution in [-0.2, 0) is 19.9 Å². The Bertz CT molecular complexity index is 2410. The Kier molecular flexibility index (Phi) is 9.66. The molecular weight excluding hydrogens is 767 g/mol. The van der Waals surface area contributed by atoms with Crippen LogP contribution in [0.25, 0.3) is 11.3 Å². The largest absolute Gasteiger partial charge is 0.497 e. The van der Waals surface area contributed by atoms with Crippen molar-refractivity contribution in [3.05, 3.63) is 122 Å². The number of halogens is 3. The molecule has 4 aromatic rings. The fourth-order valence-corrected chi connectivity index (χ4v) is 9.58. The average Bonchev–Trinajstić information content (AvgIpc) is 3.75. The molecule has 0 amide bonds. The van der Waals surface area contributed by atoms with Crippen molar-refractivity contribution in [3.8, 4) is 17.5 Å². The summed E-state index contributed by atoms with van der Waals surface area (Å²) in [6.45, 7) is 3.32. The number of hydrogen-bond donors (Lipinski definition) is 1. The van der Waals surface area contributed by atoms with Crippen molar-refractivity contribution < 1.29 is 24.2 Å². The number of Topliss-reactive ketones (excluding diaryl/α,β-unsaturated/α-hetero) is 3. The predicted octanol–water partition coefficient (Wildman–Crippen LogP) is 6.25. The molecule has 1 aromatic heterocycles. The molecule has 3 saturated carbocycles. The van der Waals surface area contributed by atoms with Crippen molar-refractivity contribution >= 4 is 57.7 Å². The van der Waals surface area contributed by atoms with Crippen molar-refractivity contribution in [2.45, 2.75) is 73.8 Å². The highest BCUT2D eigenvalue weighted by Crippen LogP contribution is 2.69. The number of methoxy groups -OCH3 is 1. The molecule has 0 unspecified atom stereocenters. The molecule has 8 rings (SSSR count). The third kappa shape index (κ3) is 5.44. The zero-order valence-corrected chi connectivity index (χ0v) is 32.5. The summed E-state index contributed by atoms with van der Waals surface area (Å²) in [5, 5.41) is 23.0. The van der Waals surface area contributed by atoms with Gasteiger partial charge in [0, 0.05) is 19.3 Å². The van der Waals surface area contributed by atoms with Crippen LogP contribution in [0.1, 0.15) is 75.1 Å². The number of alkyl halides is 3. The molecule has 3 aromatic carbocycles. The zero-order chi connectivity index (χ0) is 39.7. The number of para-hydroxylation sites is 1. The van der Waals surface area contributed by atoms with Gasteiger partial charge in [-0.3, -0.25) is 14.4 Å². The molecule has 0 saturated heterocycles. The number of aliphatic hydroxyl groups is 1. The van der Waals surface area contributed by atoms with E-state index in [4.69, 9.17) is 39.5 Å². The Labute approximate surface area is 331 Å². The van der Waals surface area contributed by atoms with Crippen LogP contribution < -0.4 is 16.1 Å². The van der Waals surface area contributed by atoms with Crippen LogP contribution in [0, 0.1) is 22.2 Å². The van der Waals surface area contributed by atoms with Gasteiger partial charge >= 0.3 is 11.4 Å². The molecule has 11 nitrogen and oxygen atoms in total. The van der Waals surface area contributed by atoms with E-state index in [0.29, 0.717) is 39.3 Å². The fraction of sp³-hybridized carbons (Fsp3) is 0.366. The maximum Gasteiger partial charge on any atom is 0.353 e. The van der Waals surface area contributed by atoms with Crippen LogP contribution in [0.3, 0.4) is 0 Å². The number of aromatic nitrogens is 3. The molecule has 55 heavy (non-hydrogen) atoms. The molecule has 3 aliphatic carbocycles. The van der Waals surface area contributed by atoms with Crippen molar-refractivity contribution in [1.82, 2.24) is 13.9 Å². The van der Waals surface area contributed by atoms with Crippen molar-refractivity contribution in [2.75, 3.05) is 7.11 Å². The first-order valence-electron chi connectivity index (χ1n) is 17.8. The summed E-state index contributed by atoms with van der Waals surface area (Å²) in [6.07, 6.45) is 0.112. The molecule has 1 N–H and O–H groups in total. The van der Waals surface area contributed by atoms with E-state index in [1.54, 1.807) is 92.7 Å². The second-order valence-electron chi connectivity index (χ2n) is 14.9. The molecule has 3 fully saturated rings. The smallest absolute Gasteiger partial charge is 0.353 e. The summed E-state index contributed by atoms with van der Waals surface area (Å²) in [4.78, 5) is 71.4. The molecule has 4 aliphatic rings. The molecule has 2 heterocycles. The number of allylic oxidation sites excluding steroid dienone is 1. The Morgan fingerprint density at radius 2 is 1.45 bits per heavy atom. The molecule has 0 radical (unpaired) electrons. The summed E-state index contributed by atoms with van der Waals surface area (Å²) < 4.78 is 8.40. The summed E-state index contributed by atoms with van der Waals surface area (Å²) >= 11 is 14.4. The Balaban J connectivity index is 0.00000111. The number of benzene rings is 3. The van der Waals surface area contributed by atoms with Gasteiger partial charge in [-0.15, -0.1) is 0 Å². The highest BCUT2D eigenvalue weighted by Gasteiger charge is 2.77. The number of ether oxygens (including phenoxy) is 1. The molecular formula is C41H37Cl3N4O7. The number of fused-ring (bicyclic) bond motifs is 5. The van der Waals surface area contributed by atoms with Gasteiger partial charge in [0.2, 0.25) is 0 Å². The summed E-state index contributed by atoms with van der Waals surface area (Å²) in [7, 11) is 1.52. The number of hydrogen-bond acceptors (Lipinski definition) is 8. The van der Waals surface area contributed by atoms with Crippen molar-refractivity contribution in [2.24, 2.45) is 10.8 Å². The van der Waals surface area contributed by atoms with E-state index < -0.39 is 43.7 Å². The first-order valence-corrected chi connectivity index (χ1v) is 19.1. The van der Waals surface area contributed by atoms with Gasteiger partial charge in [0.1, 0.15) is 34.2 Å². The van der Waals surface area contributed by atoms with Gasteiger partial charge in [-0.05, 0) is 91.8 Å². The first kappa shape index (κ1) is 38.5. The summed E-state index contributed by atoms with van der Waals surface area (Å²) in [5.74, 6) is -0.155. The first-order chi connectivity index (χ1) is 26.1. The third-order valence-electron chi connectivity index (χ3n) is 12.3. The molecule has 1 aliphatic heterocycles. The summed E-state index contributed by atoms with van der Waals surface area (Å²) in [5.41, 5.74) is -5.23. The van der Waals surface area contributed by atoms with Crippen LogP contribution in [0.4, 0.5) is 0 Å². The number of carbonyl (C=O) groups is 3. The predicted molar refractivity (Wildman–Crippen MR) is 207 cm³/mol. The zero-order valence-electron chi connectivity index (χ0n) is 30.2. The van der Waals surface area contributed by atoms with Crippen LogP contribution in [0.5, 0.6) is 5.75 Å². The monoisotopic (exact) mass is 802 g/mol. The Morgan fingerprint density at radius 3 is 2.02 bits per heavy atom. The SMILES string of the molecule is COc1ccc([C@]23C(=C(c4ccc(C#N)cc4)[C@@H](CC4(C)C(=O)CCC4=O)n4c(=O)n(-c5ccccc5)c(=O)n42)C[C@@]2(C)C(=O)CC[C@]23O)cc1.ClC(Cl)Cl. The molecule has 4 atom stereocenters. The van der Waals surface area contributed by atoms with Gasteiger partial charge in [-0.2, -0.15) is 5.26 Å². The van der Waals surface area contributed by atoms with Crippen molar-refractivity contribution in [1.29, 1.82) is 5.26 Å². The van der Waals surface area contributed by atoms with E-state index in [0.717, 1.165) is 4.57 Å². The van der Waals surface area contributed by atoms with E-state index in [9.17, 15) is 24.8 Å². The van der Waals surface area contributed by atoms with E-state index in [2.05, 4.69) is 6.07 Å². The number of rotatable bonds is 6. The van der Waals surface area contributed by atoms with E-state index in [1.165, 1.54) is 16.5 Å². The molecule has 284 valence electrons. The van der Waals surface area contributed by atoms with E-state index in [-0.39, 0.29) is 55.9 Å². The van der Waals surface area contributed by atoms with E-state index >= 15 is 9.59 Å². The highest BCUT2D eigenvalue weighted by atomic mass is 35.6. The highest BCUT2D eigenvalue weighted by molar-refractivity contribution is 6.63. The maximum absolute atomic E-state index is 15.2. The van der Waals surface area contributed by atoms with Gasteiger partial charge in [-0.25, -0.2) is 23.5 Å². The molecule has 14 heteroatoms. The van der Waals surface area contributed by atoms with Gasteiger partial charge in [0.15, 0.2) is 4.30 Å². The minimum absolute atomic E-state index is 0.00894. The topological polar surface area (TPSA) is 153 Å². The van der Waals surface area contributed by atoms with Gasteiger partial charge in [-0.1, -0.05) is 77.3 Å². The minimum Gasteiger partial charge on any atom is -0.497 e. The third-order valence-corrected chi connectivity index (χ3v) is 12.3. The normalized spacial score (nSPS) is 26.3. The lowest BCUT2D eigenvalue weighted by Gasteiger charge is -2.50. The van der Waals surface area contributed by atoms with Gasteiger partial charge in [0.25, 0.3) is 0 Å². The summed E-state index contributed by atoms with van der Waals surface area (Å²) in [6, 6.07) is 23.2. The van der Waals surface area contributed by atoms with Crippen LogP contribution in [0.15, 0.2) is 94.0 Å². The lowest BCUT2D eigenvalue weighted by atomic mass is 9.66. The lowest BCUT2D eigenvalue weighted by Crippen LogP contribution is -2.63. The van der Waals surface area contributed by atoms with Crippen LogP contribution in [-0.4, -0.2) is 53.4 Å². The minimum atomic E-state index is -1.90. The number of carbonyl (C=O) groups excluding carboxylic acids is 3.